The molecule has 166 valence electrons. The number of aryl methyl sites for hydroxylation is 1. The Kier molecular flexibility index (Phi) is 6.79. The van der Waals surface area contributed by atoms with Crippen molar-refractivity contribution in [1.82, 2.24) is 24.2 Å². The van der Waals surface area contributed by atoms with Crippen molar-refractivity contribution < 1.29 is 18.0 Å². The number of aromatic nitrogens is 4. The molecule has 1 aromatic carbocycles. The highest BCUT2D eigenvalue weighted by Gasteiger charge is 2.29. The lowest BCUT2D eigenvalue weighted by Gasteiger charge is -2.17. The number of nitrogens with one attached hydrogen (secondary N) is 1. The van der Waals surface area contributed by atoms with Gasteiger partial charge in [-0.05, 0) is 33.0 Å². The molecule has 0 aliphatic carbocycles. The van der Waals surface area contributed by atoms with E-state index in [1.165, 1.54) is 12.4 Å². The number of nitrogens with zero attached hydrogens (tertiary/aromatic N) is 5. The lowest BCUT2D eigenvalue weighted by atomic mass is 10.2. The number of carbonyl (C=O) groups is 1. The Labute approximate surface area is 178 Å². The number of para-hydroxylation sites is 1. The number of carbonyl (C=O) groups excluding carboxylic acids is 1. The number of amides is 1. The van der Waals surface area contributed by atoms with Gasteiger partial charge in [-0.2, -0.15) is 18.3 Å². The van der Waals surface area contributed by atoms with Crippen LogP contribution in [-0.4, -0.2) is 49.9 Å². The van der Waals surface area contributed by atoms with Crippen molar-refractivity contribution in [3.63, 3.8) is 0 Å². The number of imidazole rings is 1. The molecule has 0 aliphatic rings. The molecule has 2 aromatic heterocycles. The van der Waals surface area contributed by atoms with Crippen LogP contribution in [0.2, 0.25) is 0 Å². The van der Waals surface area contributed by atoms with Gasteiger partial charge in [0.1, 0.15) is 12.4 Å². The van der Waals surface area contributed by atoms with E-state index in [0.717, 1.165) is 15.9 Å². The fourth-order valence-corrected chi connectivity index (χ4v) is 3.29. The fourth-order valence-electron chi connectivity index (χ4n) is 3.29. The Morgan fingerprint density at radius 1 is 1.19 bits per heavy atom. The Morgan fingerprint density at radius 3 is 2.58 bits per heavy atom. The molecule has 0 bridgehead atoms. The molecule has 0 saturated heterocycles. The predicted molar refractivity (Wildman–Crippen MR) is 111 cm³/mol. The molecule has 31 heavy (non-hydrogen) atoms. The number of rotatable bonds is 8. The molecule has 3 aromatic rings. The number of benzene rings is 1. The summed E-state index contributed by atoms with van der Waals surface area (Å²) in [4.78, 5) is 18.2. The van der Waals surface area contributed by atoms with E-state index in [-0.39, 0.29) is 18.9 Å². The largest absolute Gasteiger partial charge is 0.406 e. The first-order valence-corrected chi connectivity index (χ1v) is 9.81. The van der Waals surface area contributed by atoms with Gasteiger partial charge < -0.3 is 9.88 Å². The van der Waals surface area contributed by atoms with Crippen LogP contribution in [0, 0.1) is 13.8 Å². The van der Waals surface area contributed by atoms with Gasteiger partial charge in [0.25, 0.3) is 0 Å². The SMILES string of the molecule is Cc1nn(-c2ccccc2)c(C)c1NC(=O)CCN(C)Cc1nccn1CC(F)(F)F. The Bertz CT molecular complexity index is 1030. The molecule has 0 saturated carbocycles. The van der Waals surface area contributed by atoms with Gasteiger partial charge in [0.15, 0.2) is 0 Å². The lowest BCUT2D eigenvalue weighted by Crippen LogP contribution is -2.27. The van der Waals surface area contributed by atoms with Crippen molar-refractivity contribution in [1.29, 1.82) is 0 Å². The van der Waals surface area contributed by atoms with Gasteiger partial charge in [-0.1, -0.05) is 18.2 Å². The molecule has 7 nitrogen and oxygen atoms in total. The molecule has 1 N–H and O–H groups in total. The Hall–Kier alpha value is -3.14. The highest BCUT2D eigenvalue weighted by Crippen LogP contribution is 2.23. The van der Waals surface area contributed by atoms with Crippen molar-refractivity contribution in [2.45, 2.75) is 39.5 Å². The molecule has 0 atom stereocenters. The van der Waals surface area contributed by atoms with E-state index in [4.69, 9.17) is 0 Å². The molecule has 0 aliphatic heterocycles. The molecule has 0 spiro atoms. The number of anilines is 1. The van der Waals surface area contributed by atoms with E-state index in [0.29, 0.717) is 23.8 Å². The van der Waals surface area contributed by atoms with Crippen molar-refractivity contribution in [3.05, 3.63) is 59.9 Å². The number of hydrogen-bond donors (Lipinski definition) is 1. The van der Waals surface area contributed by atoms with Crippen LogP contribution in [0.1, 0.15) is 23.6 Å². The minimum absolute atomic E-state index is 0.186. The van der Waals surface area contributed by atoms with Crippen LogP contribution < -0.4 is 5.32 Å². The summed E-state index contributed by atoms with van der Waals surface area (Å²) in [5.74, 6) is 0.111. The van der Waals surface area contributed by atoms with Crippen LogP contribution in [0.5, 0.6) is 0 Å². The van der Waals surface area contributed by atoms with E-state index in [1.54, 1.807) is 16.6 Å². The maximum absolute atomic E-state index is 12.7. The first-order valence-electron chi connectivity index (χ1n) is 9.81. The number of hydrogen-bond acceptors (Lipinski definition) is 4. The monoisotopic (exact) mass is 434 g/mol. The third kappa shape index (κ3) is 5.94. The van der Waals surface area contributed by atoms with Gasteiger partial charge in [0.2, 0.25) is 5.91 Å². The topological polar surface area (TPSA) is 68.0 Å². The summed E-state index contributed by atoms with van der Waals surface area (Å²) in [5, 5.41) is 7.41. The van der Waals surface area contributed by atoms with Crippen LogP contribution >= 0.6 is 0 Å². The summed E-state index contributed by atoms with van der Waals surface area (Å²) in [5.41, 5.74) is 3.09. The van der Waals surface area contributed by atoms with Crippen LogP contribution in [0.25, 0.3) is 5.69 Å². The van der Waals surface area contributed by atoms with Gasteiger partial charge in [-0.3, -0.25) is 9.69 Å². The molecule has 0 radical (unpaired) electrons. The molecule has 1 amide bonds. The third-order valence-corrected chi connectivity index (χ3v) is 4.84. The maximum atomic E-state index is 12.7. The summed E-state index contributed by atoms with van der Waals surface area (Å²) in [7, 11) is 1.74. The molecule has 10 heteroatoms. The molecule has 2 heterocycles. The van der Waals surface area contributed by atoms with E-state index in [2.05, 4.69) is 15.4 Å². The molecular weight excluding hydrogens is 409 g/mol. The second kappa shape index (κ2) is 9.34. The summed E-state index contributed by atoms with van der Waals surface area (Å²) in [6, 6.07) is 9.62. The standard InChI is InChI=1S/C21H25F3N6O/c1-15-20(16(2)30(27-15)17-7-5-4-6-8-17)26-19(31)9-11-28(3)13-18-25-10-12-29(18)14-21(22,23)24/h4-8,10,12H,9,11,13-14H2,1-3H3,(H,26,31). The zero-order chi connectivity index (χ0) is 22.6. The summed E-state index contributed by atoms with van der Waals surface area (Å²) in [6.45, 7) is 3.21. The van der Waals surface area contributed by atoms with Crippen LogP contribution in [0.4, 0.5) is 18.9 Å². The van der Waals surface area contributed by atoms with Gasteiger partial charge in [0.05, 0.1) is 29.3 Å². The van der Waals surface area contributed by atoms with Crippen LogP contribution in [-0.2, 0) is 17.9 Å². The zero-order valence-corrected chi connectivity index (χ0v) is 17.6. The smallest absolute Gasteiger partial charge is 0.325 e. The maximum Gasteiger partial charge on any atom is 0.406 e. The van der Waals surface area contributed by atoms with Gasteiger partial charge >= 0.3 is 6.18 Å². The van der Waals surface area contributed by atoms with Crippen molar-refractivity contribution in [2.75, 3.05) is 18.9 Å². The van der Waals surface area contributed by atoms with E-state index < -0.39 is 12.7 Å². The normalized spacial score (nSPS) is 11.8. The molecule has 0 unspecified atom stereocenters. The molecular formula is C21H25F3N6O. The number of alkyl halides is 3. The zero-order valence-electron chi connectivity index (χ0n) is 17.6. The van der Waals surface area contributed by atoms with Crippen LogP contribution in [0.15, 0.2) is 42.7 Å². The lowest BCUT2D eigenvalue weighted by molar-refractivity contribution is -0.141. The van der Waals surface area contributed by atoms with Crippen LogP contribution in [0.3, 0.4) is 0 Å². The second-order valence-corrected chi connectivity index (χ2v) is 7.42. The van der Waals surface area contributed by atoms with E-state index in [1.807, 2.05) is 44.2 Å². The minimum Gasteiger partial charge on any atom is -0.325 e. The summed E-state index contributed by atoms with van der Waals surface area (Å²) >= 11 is 0. The minimum atomic E-state index is -4.31. The molecule has 0 fully saturated rings. The van der Waals surface area contributed by atoms with Gasteiger partial charge in [-0.15, -0.1) is 0 Å². The highest BCUT2D eigenvalue weighted by molar-refractivity contribution is 5.92. The Balaban J connectivity index is 1.57. The average molecular weight is 434 g/mol. The fraction of sp³-hybridized carbons (Fsp3) is 0.381. The molecule has 3 rings (SSSR count). The van der Waals surface area contributed by atoms with Crippen molar-refractivity contribution in [2.24, 2.45) is 0 Å². The van der Waals surface area contributed by atoms with Crippen molar-refractivity contribution in [3.8, 4) is 5.69 Å². The first-order chi connectivity index (χ1) is 14.6. The third-order valence-electron chi connectivity index (χ3n) is 4.84. The van der Waals surface area contributed by atoms with Gasteiger partial charge in [-0.25, -0.2) is 9.67 Å². The van der Waals surface area contributed by atoms with Gasteiger partial charge in [0, 0.05) is 25.4 Å². The van der Waals surface area contributed by atoms with E-state index >= 15 is 0 Å². The quantitative estimate of drug-likeness (QED) is 0.587. The van der Waals surface area contributed by atoms with E-state index in [9.17, 15) is 18.0 Å². The second-order valence-electron chi connectivity index (χ2n) is 7.42. The average Bonchev–Trinajstić information content (AvgIpc) is 3.24. The summed E-state index contributed by atoms with van der Waals surface area (Å²) in [6.07, 6.45) is -1.48. The first kappa shape index (κ1) is 22.5. The Morgan fingerprint density at radius 2 is 1.90 bits per heavy atom. The highest BCUT2D eigenvalue weighted by atomic mass is 19.4. The van der Waals surface area contributed by atoms with Crippen molar-refractivity contribution >= 4 is 11.6 Å². The number of halogens is 3. The summed E-state index contributed by atoms with van der Waals surface area (Å²) < 4.78 is 40.8. The predicted octanol–water partition coefficient (Wildman–Crippen LogP) is 3.71.